The molecule has 8 rings (SSSR count). The molecule has 5 fully saturated rings. The zero-order chi connectivity index (χ0) is 27.6. The first kappa shape index (κ1) is 25.9. The van der Waals surface area contributed by atoms with Crippen molar-refractivity contribution in [3.05, 3.63) is 71.4 Å². The number of aryl methyl sites for hydroxylation is 1. The molecule has 0 radical (unpaired) electrons. The minimum Gasteiger partial charge on any atom is -0.358 e. The lowest BCUT2D eigenvalue weighted by Gasteiger charge is -2.57. The molecule has 0 saturated heterocycles. The molecule has 2 amide bonds. The molecular formula is C35H43N3O2. The minimum atomic E-state index is -0.0380. The van der Waals surface area contributed by atoms with Gasteiger partial charge in [-0.3, -0.25) is 9.59 Å². The van der Waals surface area contributed by atoms with Gasteiger partial charge < -0.3 is 15.2 Å². The van der Waals surface area contributed by atoms with Crippen LogP contribution in [0.4, 0.5) is 0 Å². The lowest BCUT2D eigenvalue weighted by molar-refractivity contribution is -0.139. The Morgan fingerprint density at radius 2 is 1.55 bits per heavy atom. The number of carbonyl (C=O) groups is 2. The van der Waals surface area contributed by atoms with Gasteiger partial charge in [0.05, 0.1) is 6.54 Å². The highest BCUT2D eigenvalue weighted by Crippen LogP contribution is 2.67. The molecule has 5 saturated carbocycles. The summed E-state index contributed by atoms with van der Waals surface area (Å²) >= 11 is 0. The molecule has 5 heteroatoms. The van der Waals surface area contributed by atoms with E-state index in [0.29, 0.717) is 18.9 Å². The summed E-state index contributed by atoms with van der Waals surface area (Å²) in [6, 6.07) is 18.6. The molecule has 5 nitrogen and oxygen atoms in total. The lowest BCUT2D eigenvalue weighted by Crippen LogP contribution is -2.61. The number of benzene rings is 2. The van der Waals surface area contributed by atoms with Crippen molar-refractivity contribution in [2.75, 3.05) is 6.54 Å². The molecule has 210 valence electrons. The molecule has 5 aliphatic carbocycles. The molecular weight excluding hydrogens is 494 g/mol. The van der Waals surface area contributed by atoms with Crippen LogP contribution >= 0.6 is 0 Å². The second-order valence-electron chi connectivity index (χ2n) is 14.3. The van der Waals surface area contributed by atoms with Gasteiger partial charge in [0.25, 0.3) is 0 Å². The van der Waals surface area contributed by atoms with E-state index in [2.05, 4.69) is 67.5 Å². The van der Waals surface area contributed by atoms with Gasteiger partial charge in [-0.2, -0.15) is 0 Å². The summed E-state index contributed by atoms with van der Waals surface area (Å²) < 4.78 is 0. The van der Waals surface area contributed by atoms with E-state index in [1.54, 1.807) is 0 Å². The van der Waals surface area contributed by atoms with Crippen LogP contribution < -0.4 is 5.32 Å². The maximum atomic E-state index is 14.0. The Balaban J connectivity index is 1.09. The summed E-state index contributed by atoms with van der Waals surface area (Å²) in [4.78, 5) is 33.0. The zero-order valence-electron chi connectivity index (χ0n) is 24.2. The summed E-state index contributed by atoms with van der Waals surface area (Å²) in [5.41, 5.74) is 4.78. The van der Waals surface area contributed by atoms with Crippen molar-refractivity contribution < 1.29 is 9.59 Å². The number of H-pyrrole nitrogens is 1. The molecule has 0 spiro atoms. The number of rotatable bonds is 8. The van der Waals surface area contributed by atoms with Gasteiger partial charge in [0.2, 0.25) is 11.8 Å². The standard InChI is InChI=1S/C35H43N3O2/c1-22-32(27-11-7-8-12-29(27)36-22)33-28(34(33,2)3)16-31(40)38(20-23-9-5-4-6-10-23)21-30(39)37-35-17-24-13-25(18-35)15-26(14-24)19-35/h4-12,24-26,28,33,36H,13-21H2,1-3H3,(H,37,39)/t24?,25?,26?,28-,33+,35?/m1/s1. The van der Waals surface area contributed by atoms with Crippen molar-refractivity contribution in [2.45, 2.75) is 83.7 Å². The predicted molar refractivity (Wildman–Crippen MR) is 159 cm³/mol. The number of nitrogens with one attached hydrogen (secondary N) is 2. The summed E-state index contributed by atoms with van der Waals surface area (Å²) in [6.07, 6.45) is 7.89. The number of aromatic amines is 1. The van der Waals surface area contributed by atoms with E-state index in [-0.39, 0.29) is 35.2 Å². The molecule has 3 aromatic rings. The van der Waals surface area contributed by atoms with Gasteiger partial charge in [0.15, 0.2) is 0 Å². The molecule has 0 unspecified atom stereocenters. The van der Waals surface area contributed by atoms with E-state index in [0.717, 1.165) is 48.1 Å². The fraction of sp³-hybridized carbons (Fsp3) is 0.543. The van der Waals surface area contributed by atoms with Crippen molar-refractivity contribution in [3.63, 3.8) is 0 Å². The Kier molecular flexibility index (Phi) is 6.14. The minimum absolute atomic E-state index is 0.0188. The number of nitrogens with zero attached hydrogens (tertiary/aromatic N) is 1. The van der Waals surface area contributed by atoms with Crippen LogP contribution in [0.1, 0.15) is 81.5 Å². The average molecular weight is 538 g/mol. The van der Waals surface area contributed by atoms with Gasteiger partial charge in [0, 0.05) is 35.1 Å². The van der Waals surface area contributed by atoms with Crippen LogP contribution in [0.15, 0.2) is 54.6 Å². The lowest BCUT2D eigenvalue weighted by atomic mass is 9.53. The number of aromatic nitrogens is 1. The van der Waals surface area contributed by atoms with E-state index in [9.17, 15) is 9.59 Å². The molecule has 5 aliphatic rings. The molecule has 1 heterocycles. The van der Waals surface area contributed by atoms with E-state index < -0.39 is 0 Å². The third-order valence-electron chi connectivity index (χ3n) is 11.0. The van der Waals surface area contributed by atoms with Crippen molar-refractivity contribution in [2.24, 2.45) is 29.1 Å². The summed E-state index contributed by atoms with van der Waals surface area (Å²) in [5, 5.41) is 4.77. The Morgan fingerprint density at radius 3 is 2.23 bits per heavy atom. The zero-order valence-corrected chi connectivity index (χ0v) is 24.2. The Labute approximate surface area is 238 Å². The van der Waals surface area contributed by atoms with E-state index in [1.165, 1.54) is 35.9 Å². The Morgan fingerprint density at radius 1 is 0.925 bits per heavy atom. The molecule has 2 aromatic carbocycles. The summed E-state index contributed by atoms with van der Waals surface area (Å²) in [7, 11) is 0. The largest absolute Gasteiger partial charge is 0.358 e. The fourth-order valence-corrected chi connectivity index (χ4v) is 9.52. The fourth-order valence-electron chi connectivity index (χ4n) is 9.52. The highest BCUT2D eigenvalue weighted by atomic mass is 16.2. The van der Waals surface area contributed by atoms with Crippen LogP contribution in [0.5, 0.6) is 0 Å². The molecule has 2 N–H and O–H groups in total. The molecule has 0 aliphatic heterocycles. The van der Waals surface area contributed by atoms with Crippen LogP contribution in [-0.4, -0.2) is 33.8 Å². The molecule has 40 heavy (non-hydrogen) atoms. The van der Waals surface area contributed by atoms with E-state index in [4.69, 9.17) is 0 Å². The first-order valence-corrected chi connectivity index (χ1v) is 15.4. The predicted octanol–water partition coefficient (Wildman–Crippen LogP) is 6.72. The first-order chi connectivity index (χ1) is 19.2. The normalized spacial score (nSPS) is 31.3. The first-order valence-electron chi connectivity index (χ1n) is 15.4. The number of amides is 2. The number of carbonyl (C=O) groups excluding carboxylic acids is 2. The van der Waals surface area contributed by atoms with Crippen LogP contribution in [-0.2, 0) is 16.1 Å². The second kappa shape index (κ2) is 9.49. The van der Waals surface area contributed by atoms with Crippen molar-refractivity contribution >= 4 is 22.7 Å². The average Bonchev–Trinajstić information content (AvgIpc) is 3.24. The van der Waals surface area contributed by atoms with Gasteiger partial charge >= 0.3 is 0 Å². The molecule has 4 bridgehead atoms. The second-order valence-corrected chi connectivity index (χ2v) is 14.3. The third-order valence-corrected chi connectivity index (χ3v) is 11.0. The Hall–Kier alpha value is -3.08. The van der Waals surface area contributed by atoms with Gasteiger partial charge in [-0.05, 0) is 97.6 Å². The third kappa shape index (κ3) is 4.55. The topological polar surface area (TPSA) is 65.2 Å². The van der Waals surface area contributed by atoms with Gasteiger partial charge in [-0.25, -0.2) is 0 Å². The van der Waals surface area contributed by atoms with Crippen LogP contribution in [0.25, 0.3) is 10.9 Å². The number of hydrogen-bond donors (Lipinski definition) is 2. The Bertz CT molecular complexity index is 1400. The highest BCUT2D eigenvalue weighted by molar-refractivity contribution is 5.88. The number of hydrogen-bond acceptors (Lipinski definition) is 2. The quantitative estimate of drug-likeness (QED) is 0.335. The monoisotopic (exact) mass is 537 g/mol. The van der Waals surface area contributed by atoms with Gasteiger partial charge in [-0.1, -0.05) is 62.4 Å². The summed E-state index contributed by atoms with van der Waals surface area (Å²) in [6.45, 7) is 7.34. The van der Waals surface area contributed by atoms with Gasteiger partial charge in [-0.15, -0.1) is 0 Å². The van der Waals surface area contributed by atoms with Crippen LogP contribution in [0.2, 0.25) is 0 Å². The van der Waals surface area contributed by atoms with Crippen LogP contribution in [0, 0.1) is 36.0 Å². The number of fused-ring (bicyclic) bond motifs is 1. The van der Waals surface area contributed by atoms with E-state index in [1.807, 2.05) is 23.1 Å². The van der Waals surface area contributed by atoms with Crippen molar-refractivity contribution in [1.82, 2.24) is 15.2 Å². The summed E-state index contributed by atoms with van der Waals surface area (Å²) in [5.74, 6) is 3.00. The molecule has 2 atom stereocenters. The van der Waals surface area contributed by atoms with E-state index >= 15 is 0 Å². The van der Waals surface area contributed by atoms with Crippen LogP contribution in [0.3, 0.4) is 0 Å². The number of para-hydroxylation sites is 1. The van der Waals surface area contributed by atoms with Crippen molar-refractivity contribution in [1.29, 1.82) is 0 Å². The smallest absolute Gasteiger partial charge is 0.240 e. The maximum Gasteiger partial charge on any atom is 0.240 e. The maximum absolute atomic E-state index is 14.0. The molecule has 1 aromatic heterocycles. The van der Waals surface area contributed by atoms with Gasteiger partial charge in [0.1, 0.15) is 0 Å². The highest BCUT2D eigenvalue weighted by Gasteiger charge is 2.60. The SMILES string of the molecule is Cc1[nH]c2ccccc2c1[C@@H]1[C@@H](CC(=O)N(CC(=O)NC23CC4CC(CC(C4)C2)C3)Cc2ccccc2)C1(C)C. The van der Waals surface area contributed by atoms with Crippen molar-refractivity contribution in [3.8, 4) is 0 Å².